The Bertz CT molecular complexity index is 299. The number of pyridine rings is 1. The number of aromatic nitrogens is 1. The van der Waals surface area contributed by atoms with Crippen LogP contribution in [0.5, 0.6) is 0 Å². The van der Waals surface area contributed by atoms with Crippen molar-refractivity contribution in [1.29, 1.82) is 0 Å². The summed E-state index contributed by atoms with van der Waals surface area (Å²) in [5, 5.41) is 10.4. The van der Waals surface area contributed by atoms with Gasteiger partial charge in [0.05, 0.1) is 11.7 Å². The first-order valence-electron chi connectivity index (χ1n) is 3.26. The Morgan fingerprint density at radius 1 is 1.50 bits per heavy atom. The first kappa shape index (κ1) is 11.6. The zero-order valence-corrected chi connectivity index (χ0v) is 9.42. The molecule has 0 aromatic carbocycles. The van der Waals surface area contributed by atoms with Gasteiger partial charge in [-0.2, -0.15) is 0 Å². The van der Waals surface area contributed by atoms with Crippen molar-refractivity contribution in [1.82, 2.24) is 4.98 Å². The van der Waals surface area contributed by atoms with E-state index >= 15 is 0 Å². The monoisotopic (exact) mass is 173 g/mol. The predicted molar refractivity (Wildman–Crippen MR) is 38.0 cm³/mol. The van der Waals surface area contributed by atoms with E-state index in [0.717, 1.165) is 5.56 Å². The summed E-state index contributed by atoms with van der Waals surface area (Å²) in [6.45, 7) is 3.56. The number of rotatable bonds is 1. The molecule has 1 aromatic rings. The normalized spacial score (nSPS) is 8.83. The fourth-order valence-electron chi connectivity index (χ4n) is 0.929. The van der Waals surface area contributed by atoms with E-state index in [0.29, 0.717) is 5.56 Å². The molecule has 0 spiro atoms. The molecule has 3 nitrogen and oxygen atoms in total. The smallest absolute Gasteiger partial charge is 0.543 e. The molecule has 12 heavy (non-hydrogen) atoms. The Morgan fingerprint density at radius 3 is 2.50 bits per heavy atom. The van der Waals surface area contributed by atoms with E-state index < -0.39 is 5.97 Å². The van der Waals surface area contributed by atoms with Crippen molar-refractivity contribution in [2.75, 3.05) is 0 Å². The van der Waals surface area contributed by atoms with Crippen molar-refractivity contribution < 1.29 is 39.5 Å². The van der Waals surface area contributed by atoms with Crippen molar-refractivity contribution in [3.05, 3.63) is 29.1 Å². The fraction of sp³-hybridized carbons (Fsp3) is 0.250. The zero-order chi connectivity index (χ0) is 8.43. The third-order valence-electron chi connectivity index (χ3n) is 1.41. The van der Waals surface area contributed by atoms with Gasteiger partial charge in [-0.25, -0.2) is 0 Å². The Labute approximate surface area is 93.1 Å². The molecule has 0 aliphatic carbocycles. The van der Waals surface area contributed by atoms with Gasteiger partial charge in [-0.1, -0.05) is 6.07 Å². The van der Waals surface area contributed by atoms with Crippen LogP contribution in [0.15, 0.2) is 12.3 Å². The topological polar surface area (TPSA) is 53.0 Å². The minimum Gasteiger partial charge on any atom is -0.543 e. The minimum absolute atomic E-state index is 0. The van der Waals surface area contributed by atoms with E-state index in [1.54, 1.807) is 13.0 Å². The Hall–Kier alpha value is -0.380. The summed E-state index contributed by atoms with van der Waals surface area (Å²) in [5.74, 6) is -1.22. The maximum absolute atomic E-state index is 10.4. The quantitative estimate of drug-likeness (QED) is 0.427. The van der Waals surface area contributed by atoms with Crippen LogP contribution >= 0.6 is 0 Å². The summed E-state index contributed by atoms with van der Waals surface area (Å²) in [6.07, 6.45) is 1.51. The molecule has 1 heterocycles. The van der Waals surface area contributed by atoms with Crippen LogP contribution in [0.2, 0.25) is 0 Å². The molecular formula is C8H8NNaO2. The molecule has 1 aromatic heterocycles. The van der Waals surface area contributed by atoms with Crippen molar-refractivity contribution >= 4 is 5.97 Å². The van der Waals surface area contributed by atoms with E-state index in [4.69, 9.17) is 0 Å². The van der Waals surface area contributed by atoms with Crippen LogP contribution in [0.4, 0.5) is 0 Å². The van der Waals surface area contributed by atoms with Gasteiger partial charge in [-0.15, -0.1) is 0 Å². The second-order valence-electron chi connectivity index (χ2n) is 2.47. The standard InChI is InChI=1S/C8H9NO2.Na/c1-5-3-6(2)7(8(10)11)9-4-5;/h3-4H,1-2H3,(H,10,11);/q;+1/p-1. The molecule has 0 radical (unpaired) electrons. The molecule has 1 rings (SSSR count). The molecule has 0 aliphatic rings. The SMILES string of the molecule is Cc1cnc(C(=O)[O-])c(C)c1.[Na+]. The average Bonchev–Trinajstić information content (AvgIpc) is 1.85. The number of aromatic carboxylic acids is 1. The number of nitrogens with zero attached hydrogens (tertiary/aromatic N) is 1. The molecule has 0 unspecified atom stereocenters. The molecule has 0 saturated carbocycles. The maximum atomic E-state index is 10.4. The summed E-state index contributed by atoms with van der Waals surface area (Å²) in [7, 11) is 0. The van der Waals surface area contributed by atoms with Gasteiger partial charge >= 0.3 is 29.6 Å². The molecule has 58 valence electrons. The van der Waals surface area contributed by atoms with Crippen molar-refractivity contribution in [3.8, 4) is 0 Å². The third-order valence-corrected chi connectivity index (χ3v) is 1.41. The summed E-state index contributed by atoms with van der Waals surface area (Å²) >= 11 is 0. The minimum atomic E-state index is -1.22. The maximum Gasteiger partial charge on any atom is 1.00 e. The number of carbonyl (C=O) groups is 1. The summed E-state index contributed by atoms with van der Waals surface area (Å²) in [4.78, 5) is 14.1. The van der Waals surface area contributed by atoms with Gasteiger partial charge < -0.3 is 9.90 Å². The third kappa shape index (κ3) is 2.59. The molecule has 0 fully saturated rings. The number of aryl methyl sites for hydroxylation is 2. The Kier molecular flexibility index (Phi) is 4.45. The van der Waals surface area contributed by atoms with E-state index in [9.17, 15) is 9.90 Å². The van der Waals surface area contributed by atoms with Gasteiger partial charge in [0.2, 0.25) is 0 Å². The summed E-state index contributed by atoms with van der Waals surface area (Å²) < 4.78 is 0. The number of carboxylic acids is 1. The van der Waals surface area contributed by atoms with Crippen molar-refractivity contribution in [2.24, 2.45) is 0 Å². The first-order chi connectivity index (χ1) is 5.11. The van der Waals surface area contributed by atoms with Gasteiger partial charge in [0.25, 0.3) is 0 Å². The van der Waals surface area contributed by atoms with Crippen LogP contribution in [0.25, 0.3) is 0 Å². The van der Waals surface area contributed by atoms with Crippen molar-refractivity contribution in [2.45, 2.75) is 13.8 Å². The molecule has 0 N–H and O–H groups in total. The van der Waals surface area contributed by atoms with E-state index in [1.807, 2.05) is 6.92 Å². The van der Waals surface area contributed by atoms with E-state index in [-0.39, 0.29) is 35.3 Å². The Balaban J connectivity index is 0.00000121. The molecular weight excluding hydrogens is 165 g/mol. The van der Waals surface area contributed by atoms with Gasteiger partial charge in [0.15, 0.2) is 0 Å². The number of hydrogen-bond acceptors (Lipinski definition) is 3. The predicted octanol–water partition coefficient (Wildman–Crippen LogP) is -2.93. The van der Waals surface area contributed by atoms with Crippen LogP contribution in [0.3, 0.4) is 0 Å². The first-order valence-corrected chi connectivity index (χ1v) is 3.26. The number of carboxylic acid groups (broad SMARTS) is 1. The molecule has 0 aliphatic heterocycles. The van der Waals surface area contributed by atoms with E-state index in [1.165, 1.54) is 6.20 Å². The van der Waals surface area contributed by atoms with Crippen molar-refractivity contribution in [3.63, 3.8) is 0 Å². The zero-order valence-electron chi connectivity index (χ0n) is 7.42. The number of carbonyl (C=O) groups excluding carboxylic acids is 1. The fourth-order valence-corrected chi connectivity index (χ4v) is 0.929. The average molecular weight is 173 g/mol. The van der Waals surface area contributed by atoms with Crippen LogP contribution < -0.4 is 34.7 Å². The summed E-state index contributed by atoms with van der Waals surface area (Å²) in [5.41, 5.74) is 1.62. The second kappa shape index (κ2) is 4.60. The van der Waals surface area contributed by atoms with Crippen LogP contribution in [-0.4, -0.2) is 11.0 Å². The molecule has 0 amide bonds. The largest absolute Gasteiger partial charge is 1.00 e. The molecule has 4 heteroatoms. The van der Waals surface area contributed by atoms with Gasteiger partial charge in [0.1, 0.15) is 0 Å². The summed E-state index contributed by atoms with van der Waals surface area (Å²) in [6, 6.07) is 1.76. The van der Waals surface area contributed by atoms with Crippen LogP contribution in [0.1, 0.15) is 21.6 Å². The molecule has 0 atom stereocenters. The van der Waals surface area contributed by atoms with Gasteiger partial charge in [-0.3, -0.25) is 4.98 Å². The van der Waals surface area contributed by atoms with Gasteiger partial charge in [0, 0.05) is 6.20 Å². The van der Waals surface area contributed by atoms with Gasteiger partial charge in [-0.05, 0) is 25.0 Å². The van der Waals surface area contributed by atoms with E-state index in [2.05, 4.69) is 4.98 Å². The number of hydrogen-bond donors (Lipinski definition) is 0. The molecule has 0 saturated heterocycles. The molecule has 0 bridgehead atoms. The van der Waals surface area contributed by atoms with Crippen LogP contribution in [-0.2, 0) is 0 Å². The van der Waals surface area contributed by atoms with Crippen LogP contribution in [0, 0.1) is 13.8 Å². The Morgan fingerprint density at radius 2 is 2.08 bits per heavy atom. The second-order valence-corrected chi connectivity index (χ2v) is 2.47.